The maximum Gasteiger partial charge on any atom is 0.426 e. The van der Waals surface area contributed by atoms with Crippen molar-refractivity contribution in [1.82, 2.24) is 0 Å². The number of unbranched alkanes of at least 4 members (excludes halogenated alkanes) is 1. The summed E-state index contributed by atoms with van der Waals surface area (Å²) in [5.74, 6) is -1.59. The lowest BCUT2D eigenvalue weighted by Crippen LogP contribution is -2.21. The Hall–Kier alpha value is -3.09. The van der Waals surface area contributed by atoms with Crippen LogP contribution in [0, 0.1) is 5.82 Å². The Balaban J connectivity index is 1.70. The van der Waals surface area contributed by atoms with E-state index in [1.165, 1.54) is 42.5 Å². The van der Waals surface area contributed by atoms with Crippen LogP contribution < -0.4 is 9.47 Å². The molecule has 0 spiro atoms. The topological polar surface area (TPSA) is 18.5 Å². The van der Waals surface area contributed by atoms with E-state index in [1.54, 1.807) is 12.1 Å². The Morgan fingerprint density at radius 2 is 1.52 bits per heavy atom. The van der Waals surface area contributed by atoms with Gasteiger partial charge in [-0.3, -0.25) is 0 Å². The van der Waals surface area contributed by atoms with Gasteiger partial charge in [0.05, 0.1) is 5.56 Å². The summed E-state index contributed by atoms with van der Waals surface area (Å²) in [6.07, 6.45) is -0.673. The Kier molecular flexibility index (Phi) is 7.15. The van der Waals surface area contributed by atoms with Gasteiger partial charge in [-0.1, -0.05) is 43.7 Å². The monoisotopic (exact) mass is 436 g/mol. The molecule has 0 bridgehead atoms. The summed E-state index contributed by atoms with van der Waals surface area (Å²) in [6, 6.07) is 15.2. The summed E-state index contributed by atoms with van der Waals surface area (Å²) < 4.78 is 76.3. The first-order valence-electron chi connectivity index (χ1n) is 9.79. The minimum Gasteiger partial charge on any atom is -0.432 e. The van der Waals surface area contributed by atoms with Crippen LogP contribution in [-0.4, -0.2) is 6.61 Å². The van der Waals surface area contributed by atoms with Crippen LogP contribution in [0.3, 0.4) is 0 Å². The molecule has 0 aliphatic rings. The molecule has 0 aliphatic carbocycles. The second-order valence-corrected chi connectivity index (χ2v) is 6.97. The number of rotatable bonds is 9. The molecule has 0 saturated heterocycles. The first kappa shape index (κ1) is 22.6. The lowest BCUT2D eigenvalue weighted by atomic mass is 10.1. The number of aryl methyl sites for hydroxylation is 1. The van der Waals surface area contributed by atoms with Crippen molar-refractivity contribution in [3.8, 4) is 22.6 Å². The summed E-state index contributed by atoms with van der Waals surface area (Å²) in [5.41, 5.74) is 1.61. The normalized spacial score (nSPS) is 11.6. The molecule has 0 saturated carbocycles. The molecular formula is C24H21F5O2. The lowest BCUT2D eigenvalue weighted by molar-refractivity contribution is -0.185. The van der Waals surface area contributed by atoms with Crippen LogP contribution in [0.25, 0.3) is 11.1 Å². The summed E-state index contributed by atoms with van der Waals surface area (Å²) in [4.78, 5) is 0. The van der Waals surface area contributed by atoms with Crippen LogP contribution >= 0.6 is 0 Å². The Morgan fingerprint density at radius 3 is 2.10 bits per heavy atom. The number of ether oxygens (including phenoxy) is 2. The molecule has 164 valence electrons. The molecule has 2 nitrogen and oxygen atoms in total. The number of alkyl halides is 4. The van der Waals surface area contributed by atoms with Crippen LogP contribution in [0.15, 0.2) is 66.7 Å². The molecule has 7 heteroatoms. The molecule has 0 fully saturated rings. The van der Waals surface area contributed by atoms with Gasteiger partial charge in [-0.2, -0.15) is 17.6 Å². The predicted molar refractivity (Wildman–Crippen MR) is 108 cm³/mol. The van der Waals surface area contributed by atoms with Gasteiger partial charge < -0.3 is 9.47 Å². The predicted octanol–water partition coefficient (Wildman–Crippen LogP) is 7.57. The zero-order chi connectivity index (χ0) is 22.4. The summed E-state index contributed by atoms with van der Waals surface area (Å²) >= 11 is 0. The number of halogens is 5. The smallest absolute Gasteiger partial charge is 0.426 e. The van der Waals surface area contributed by atoms with Gasteiger partial charge in [0.15, 0.2) is 11.6 Å². The largest absolute Gasteiger partial charge is 0.432 e. The van der Waals surface area contributed by atoms with Crippen molar-refractivity contribution < 1.29 is 31.4 Å². The highest BCUT2D eigenvalue weighted by Gasteiger charge is 2.34. The molecule has 3 rings (SSSR count). The molecule has 0 atom stereocenters. The van der Waals surface area contributed by atoms with Gasteiger partial charge in [0.1, 0.15) is 5.75 Å². The second-order valence-electron chi connectivity index (χ2n) is 6.97. The van der Waals surface area contributed by atoms with Gasteiger partial charge in [-0.15, -0.1) is 0 Å². The van der Waals surface area contributed by atoms with E-state index >= 15 is 0 Å². The Labute approximate surface area is 177 Å². The van der Waals surface area contributed by atoms with Crippen molar-refractivity contribution in [1.29, 1.82) is 0 Å². The van der Waals surface area contributed by atoms with Gasteiger partial charge in [0, 0.05) is 0 Å². The first-order valence-corrected chi connectivity index (χ1v) is 9.79. The Bertz CT molecular complexity index is 986. The fourth-order valence-electron chi connectivity index (χ4n) is 3.04. The van der Waals surface area contributed by atoms with Crippen LogP contribution in [0.2, 0.25) is 0 Å². The summed E-state index contributed by atoms with van der Waals surface area (Å²) in [5, 5.41) is 0. The molecule has 0 amide bonds. The van der Waals surface area contributed by atoms with Crippen LogP contribution in [-0.2, 0) is 12.5 Å². The van der Waals surface area contributed by atoms with E-state index in [2.05, 4.69) is 11.7 Å². The van der Waals surface area contributed by atoms with Gasteiger partial charge >= 0.3 is 12.7 Å². The van der Waals surface area contributed by atoms with Crippen molar-refractivity contribution in [2.45, 2.75) is 38.9 Å². The third-order valence-corrected chi connectivity index (χ3v) is 4.69. The molecule has 0 heterocycles. The van der Waals surface area contributed by atoms with Gasteiger partial charge in [0.25, 0.3) is 0 Å². The average Bonchev–Trinajstić information content (AvgIpc) is 2.74. The summed E-state index contributed by atoms with van der Waals surface area (Å²) in [6.45, 7) is -1.07. The zero-order valence-electron chi connectivity index (χ0n) is 16.8. The summed E-state index contributed by atoms with van der Waals surface area (Å²) in [7, 11) is 0. The standard InChI is InChI=1S/C24H21F5O2/c1-2-3-4-16-5-10-19(11-6-16)24(28,29)31-20-12-7-17(8-13-20)18-9-14-22(21(25)15-18)30-23(26)27/h5-15,23H,2-4H2,1H3. The third kappa shape index (κ3) is 5.96. The highest BCUT2D eigenvalue weighted by atomic mass is 19.3. The van der Waals surface area contributed by atoms with E-state index in [0.29, 0.717) is 11.1 Å². The quantitative estimate of drug-likeness (QED) is 0.322. The average molecular weight is 436 g/mol. The van der Waals surface area contributed by atoms with Crippen molar-refractivity contribution in [2.24, 2.45) is 0 Å². The molecule has 0 radical (unpaired) electrons. The van der Waals surface area contributed by atoms with E-state index in [1.807, 2.05) is 0 Å². The van der Waals surface area contributed by atoms with E-state index in [0.717, 1.165) is 37.0 Å². The molecular weight excluding hydrogens is 415 g/mol. The molecule has 0 aliphatic heterocycles. The number of benzene rings is 3. The van der Waals surface area contributed by atoms with Crippen LogP contribution in [0.1, 0.15) is 30.9 Å². The van der Waals surface area contributed by atoms with Gasteiger partial charge in [-0.25, -0.2) is 4.39 Å². The van der Waals surface area contributed by atoms with Crippen molar-refractivity contribution in [3.05, 3.63) is 83.7 Å². The van der Waals surface area contributed by atoms with Crippen LogP contribution in [0.5, 0.6) is 11.5 Å². The van der Waals surface area contributed by atoms with Gasteiger partial charge in [-0.05, 0) is 65.9 Å². The number of hydrogen-bond acceptors (Lipinski definition) is 2. The minimum absolute atomic E-state index is 0.0677. The van der Waals surface area contributed by atoms with Gasteiger partial charge in [0.2, 0.25) is 0 Å². The van der Waals surface area contributed by atoms with Crippen molar-refractivity contribution in [2.75, 3.05) is 0 Å². The van der Waals surface area contributed by atoms with E-state index in [-0.39, 0.29) is 11.3 Å². The van der Waals surface area contributed by atoms with Crippen molar-refractivity contribution >= 4 is 0 Å². The maximum atomic E-state index is 14.5. The lowest BCUT2D eigenvalue weighted by Gasteiger charge is -2.19. The second kappa shape index (κ2) is 9.81. The maximum absolute atomic E-state index is 14.5. The van der Waals surface area contributed by atoms with E-state index < -0.39 is 24.3 Å². The third-order valence-electron chi connectivity index (χ3n) is 4.69. The van der Waals surface area contributed by atoms with E-state index in [9.17, 15) is 22.0 Å². The number of hydrogen-bond donors (Lipinski definition) is 0. The Morgan fingerprint density at radius 1 is 0.871 bits per heavy atom. The SMILES string of the molecule is CCCCc1ccc(C(F)(F)Oc2ccc(-c3ccc(OC(F)F)c(F)c3)cc2)cc1. The fraction of sp³-hybridized carbons (Fsp3) is 0.250. The van der Waals surface area contributed by atoms with Crippen molar-refractivity contribution in [3.63, 3.8) is 0 Å². The molecule has 0 aromatic heterocycles. The highest BCUT2D eigenvalue weighted by molar-refractivity contribution is 5.65. The first-order chi connectivity index (χ1) is 14.8. The van der Waals surface area contributed by atoms with E-state index in [4.69, 9.17) is 4.74 Å². The molecule has 3 aromatic rings. The molecule has 3 aromatic carbocycles. The fourth-order valence-corrected chi connectivity index (χ4v) is 3.04. The molecule has 31 heavy (non-hydrogen) atoms. The minimum atomic E-state index is -3.52. The molecule has 0 N–H and O–H groups in total. The zero-order valence-corrected chi connectivity index (χ0v) is 16.8. The highest BCUT2D eigenvalue weighted by Crippen LogP contribution is 2.33. The molecule has 0 unspecified atom stereocenters. The van der Waals surface area contributed by atoms with Crippen LogP contribution in [0.4, 0.5) is 22.0 Å².